The summed E-state index contributed by atoms with van der Waals surface area (Å²) in [4.78, 5) is 0. The third kappa shape index (κ3) is 5.04. The minimum atomic E-state index is 1.16. The van der Waals surface area contributed by atoms with Gasteiger partial charge in [-0.25, -0.2) is 0 Å². The average Bonchev–Trinajstić information content (AvgIpc) is 3.66. The lowest BCUT2D eigenvalue weighted by molar-refractivity contribution is 1.13. The maximum Gasteiger partial charge on any atom is 0.0724 e. The van der Waals surface area contributed by atoms with E-state index in [2.05, 4.69) is 193 Å². The molecule has 2 heteroatoms. The van der Waals surface area contributed by atoms with Gasteiger partial charge in [0.05, 0.1) is 22.4 Å². The normalized spacial score (nSPS) is 11.3. The van der Waals surface area contributed by atoms with Crippen molar-refractivity contribution in [2.24, 2.45) is 0 Å². The molecule has 2 aromatic heterocycles. The number of hydrogen-bond acceptors (Lipinski definition) is 0. The van der Waals surface area contributed by atoms with Crippen LogP contribution in [0, 0.1) is 13.8 Å². The number of nitrogens with zero attached hydrogens (tertiary/aromatic N) is 2. The van der Waals surface area contributed by atoms with Gasteiger partial charge in [0.25, 0.3) is 0 Å². The molecule has 46 heavy (non-hydrogen) atoms. The Kier molecular flexibility index (Phi) is 6.96. The van der Waals surface area contributed by atoms with Crippen molar-refractivity contribution in [3.63, 3.8) is 0 Å². The second-order valence-electron chi connectivity index (χ2n) is 12.1. The Morgan fingerprint density at radius 2 is 0.652 bits per heavy atom. The number of hydrogen-bond donors (Lipinski definition) is 0. The molecule has 0 saturated heterocycles. The number of aromatic nitrogens is 2. The second-order valence-corrected chi connectivity index (χ2v) is 12.1. The molecule has 220 valence electrons. The van der Waals surface area contributed by atoms with E-state index in [1.54, 1.807) is 0 Å². The predicted molar refractivity (Wildman–Crippen MR) is 194 cm³/mol. The summed E-state index contributed by atoms with van der Waals surface area (Å²) in [6, 6.07) is 61.4. The Hall–Kier alpha value is -5.86. The molecule has 2 heterocycles. The van der Waals surface area contributed by atoms with Crippen molar-refractivity contribution in [2.75, 3.05) is 0 Å². The molecule has 0 amide bonds. The highest BCUT2D eigenvalue weighted by atomic mass is 15.1. The fourth-order valence-electron chi connectivity index (χ4n) is 6.60. The van der Waals surface area contributed by atoms with E-state index < -0.39 is 0 Å². The number of fused-ring (bicyclic) bond motifs is 1. The zero-order valence-electron chi connectivity index (χ0n) is 26.1. The zero-order chi connectivity index (χ0) is 31.0. The van der Waals surface area contributed by atoms with Gasteiger partial charge in [0.1, 0.15) is 0 Å². The minimum Gasteiger partial charge on any atom is -0.308 e. The molecule has 0 unspecified atom stereocenters. The van der Waals surface area contributed by atoms with Gasteiger partial charge in [0.2, 0.25) is 0 Å². The molecule has 0 spiro atoms. The predicted octanol–water partition coefficient (Wildman–Crippen LogP) is 11.7. The summed E-state index contributed by atoms with van der Waals surface area (Å²) in [6.07, 6.45) is 0. The highest BCUT2D eigenvalue weighted by Crippen LogP contribution is 2.39. The first-order valence-corrected chi connectivity index (χ1v) is 15.9. The van der Waals surface area contributed by atoms with Gasteiger partial charge in [-0.1, -0.05) is 133 Å². The van der Waals surface area contributed by atoms with Crippen LogP contribution in [0.3, 0.4) is 0 Å². The highest BCUT2D eigenvalue weighted by molar-refractivity contribution is 5.94. The Balaban J connectivity index is 1.35. The molecule has 0 N–H and O–H groups in total. The highest BCUT2D eigenvalue weighted by Gasteiger charge is 2.21. The van der Waals surface area contributed by atoms with Crippen LogP contribution in [0.4, 0.5) is 0 Å². The second kappa shape index (κ2) is 11.6. The molecule has 0 aliphatic heterocycles. The maximum atomic E-state index is 2.42. The summed E-state index contributed by atoms with van der Waals surface area (Å²) in [6.45, 7) is 4.33. The van der Waals surface area contributed by atoms with E-state index in [0.29, 0.717) is 0 Å². The fraction of sp³-hybridized carbons (Fsp3) is 0.0455. The van der Waals surface area contributed by atoms with E-state index in [9.17, 15) is 0 Å². The molecule has 2 nitrogen and oxygen atoms in total. The van der Waals surface area contributed by atoms with Gasteiger partial charge in [0.15, 0.2) is 0 Å². The van der Waals surface area contributed by atoms with Crippen molar-refractivity contribution < 1.29 is 0 Å². The van der Waals surface area contributed by atoms with Crippen molar-refractivity contribution in [1.82, 2.24) is 9.13 Å². The number of aryl methyl sites for hydroxylation is 2. The third-order valence-electron chi connectivity index (χ3n) is 8.87. The average molecular weight is 591 g/mol. The topological polar surface area (TPSA) is 9.86 Å². The summed E-state index contributed by atoms with van der Waals surface area (Å²) < 4.78 is 4.85. The van der Waals surface area contributed by atoms with E-state index in [-0.39, 0.29) is 0 Å². The van der Waals surface area contributed by atoms with Crippen molar-refractivity contribution in [1.29, 1.82) is 0 Å². The lowest BCUT2D eigenvalue weighted by Crippen LogP contribution is -1.97. The first kappa shape index (κ1) is 27.7. The lowest BCUT2D eigenvalue weighted by Gasteiger charge is -2.13. The Morgan fingerprint density at radius 1 is 0.304 bits per heavy atom. The van der Waals surface area contributed by atoms with E-state index in [1.165, 1.54) is 66.9 Å². The summed E-state index contributed by atoms with van der Waals surface area (Å²) >= 11 is 0. The first-order valence-electron chi connectivity index (χ1n) is 15.9. The van der Waals surface area contributed by atoms with Crippen LogP contribution in [-0.4, -0.2) is 9.13 Å². The van der Waals surface area contributed by atoms with Crippen LogP contribution < -0.4 is 0 Å². The summed E-state index contributed by atoms with van der Waals surface area (Å²) in [5.74, 6) is 0. The third-order valence-corrected chi connectivity index (χ3v) is 8.87. The van der Waals surface area contributed by atoms with Gasteiger partial charge in [-0.15, -0.1) is 0 Å². The van der Waals surface area contributed by atoms with Crippen LogP contribution in [0.2, 0.25) is 0 Å². The van der Waals surface area contributed by atoms with E-state index in [1.807, 2.05) is 0 Å². The van der Waals surface area contributed by atoms with Crippen molar-refractivity contribution >= 4 is 11.0 Å². The van der Waals surface area contributed by atoms with Gasteiger partial charge >= 0.3 is 0 Å². The van der Waals surface area contributed by atoms with Crippen LogP contribution >= 0.6 is 0 Å². The molecule has 0 aliphatic rings. The quantitative estimate of drug-likeness (QED) is 0.182. The monoisotopic (exact) mass is 590 g/mol. The van der Waals surface area contributed by atoms with Crippen LogP contribution in [0.1, 0.15) is 11.1 Å². The van der Waals surface area contributed by atoms with E-state index in [0.717, 1.165) is 11.4 Å². The smallest absolute Gasteiger partial charge is 0.0724 e. The van der Waals surface area contributed by atoms with Crippen LogP contribution in [0.25, 0.3) is 67.2 Å². The van der Waals surface area contributed by atoms with Crippen LogP contribution in [0.5, 0.6) is 0 Å². The molecular weight excluding hydrogens is 556 g/mol. The molecule has 0 bridgehead atoms. The molecule has 0 aliphatic carbocycles. The summed E-state index contributed by atoms with van der Waals surface area (Å²) in [5.41, 5.74) is 16.7. The molecule has 8 rings (SSSR count). The van der Waals surface area contributed by atoms with Gasteiger partial charge in [-0.3, -0.25) is 0 Å². The van der Waals surface area contributed by atoms with Crippen molar-refractivity contribution in [3.05, 3.63) is 181 Å². The Labute approximate surface area is 270 Å². The molecule has 8 aromatic rings. The molecule has 0 saturated carbocycles. The SMILES string of the molecule is Cc1cccc(-n2c(-c3ccc(-c4ccccc4)cc3)cc3c2cc(-c2ccc(-c4ccccc4)cc2)n3-c2cccc(C)c2)c1. The van der Waals surface area contributed by atoms with Crippen molar-refractivity contribution in [2.45, 2.75) is 13.8 Å². The molecule has 6 aromatic carbocycles. The number of rotatable bonds is 6. The van der Waals surface area contributed by atoms with Gasteiger partial charge < -0.3 is 9.13 Å². The van der Waals surface area contributed by atoms with Crippen molar-refractivity contribution in [3.8, 4) is 56.1 Å². The fourth-order valence-corrected chi connectivity index (χ4v) is 6.60. The molecule has 0 fully saturated rings. The zero-order valence-corrected chi connectivity index (χ0v) is 26.1. The van der Waals surface area contributed by atoms with Crippen LogP contribution in [0.15, 0.2) is 170 Å². The largest absolute Gasteiger partial charge is 0.308 e. The Bertz CT molecular complexity index is 2120. The van der Waals surface area contributed by atoms with Gasteiger partial charge in [0, 0.05) is 11.4 Å². The standard InChI is InChI=1S/C44H34N2/c1-31-11-9-17-39(27-31)45-41(37-23-19-35(20-24-37)33-13-5-3-6-14-33)29-44-43(45)30-42(46(44)40-18-10-12-32(2)28-40)38-25-21-36(22-26-38)34-15-7-4-8-16-34/h3-30H,1-2H3. The molecule has 0 radical (unpaired) electrons. The summed E-state index contributed by atoms with van der Waals surface area (Å²) in [5, 5.41) is 0. The van der Waals surface area contributed by atoms with Crippen LogP contribution in [-0.2, 0) is 0 Å². The minimum absolute atomic E-state index is 1.16. The van der Waals surface area contributed by atoms with Gasteiger partial charge in [-0.2, -0.15) is 0 Å². The summed E-state index contributed by atoms with van der Waals surface area (Å²) in [7, 11) is 0. The lowest BCUT2D eigenvalue weighted by atomic mass is 10.0. The first-order chi connectivity index (χ1) is 22.6. The maximum absolute atomic E-state index is 2.42. The number of benzene rings is 6. The van der Waals surface area contributed by atoms with E-state index in [4.69, 9.17) is 0 Å². The van der Waals surface area contributed by atoms with E-state index >= 15 is 0 Å². The van der Waals surface area contributed by atoms with Gasteiger partial charge in [-0.05, 0) is 94.8 Å². The molecule has 0 atom stereocenters. The molecular formula is C44H34N2. The Morgan fingerprint density at radius 3 is 1.02 bits per heavy atom.